The molecule has 0 aliphatic heterocycles. The van der Waals surface area contributed by atoms with Crippen molar-refractivity contribution in [3.05, 3.63) is 60.7 Å². The fourth-order valence-electron chi connectivity index (χ4n) is 6.31. The summed E-state index contributed by atoms with van der Waals surface area (Å²) in [6.07, 6.45) is 10.1. The van der Waals surface area contributed by atoms with E-state index in [0.29, 0.717) is 6.04 Å². The van der Waals surface area contributed by atoms with E-state index in [1.54, 1.807) is 5.30 Å². The van der Waals surface area contributed by atoms with Gasteiger partial charge >= 0.3 is 0 Å². The lowest BCUT2D eigenvalue weighted by Gasteiger charge is -2.35. The normalized spacial score (nSPS) is 21.6. The molecule has 2 aliphatic carbocycles. The van der Waals surface area contributed by atoms with Crippen molar-refractivity contribution >= 4 is 25.8 Å². The van der Waals surface area contributed by atoms with E-state index in [1.807, 2.05) is 0 Å². The molecule has 0 amide bonds. The van der Waals surface area contributed by atoms with E-state index in [1.165, 1.54) is 50.3 Å². The van der Waals surface area contributed by atoms with Crippen molar-refractivity contribution in [2.75, 3.05) is 54.8 Å². The Morgan fingerprint density at radius 2 is 1.18 bits per heavy atom. The van der Waals surface area contributed by atoms with Crippen LogP contribution in [0.1, 0.15) is 58.8 Å². The second-order valence-corrected chi connectivity index (χ2v) is 19.3. The fraction of sp³-hybridized carbons (Fsp3) is 0.647. The predicted octanol–water partition coefficient (Wildman–Crippen LogP) is 7.89. The number of rotatable bonds is 7. The van der Waals surface area contributed by atoms with Gasteiger partial charge in [0.1, 0.15) is 0 Å². The van der Waals surface area contributed by atoms with Crippen LogP contribution < -0.4 is 10.6 Å². The van der Waals surface area contributed by atoms with Gasteiger partial charge in [-0.2, -0.15) is 0 Å². The molecular formula is C34H59N2P2+. The molecule has 2 fully saturated rings. The minimum absolute atomic E-state index is 0.104. The third-order valence-corrected chi connectivity index (χ3v) is 14.6. The van der Waals surface area contributed by atoms with Crippen LogP contribution in [-0.4, -0.2) is 82.4 Å². The molecule has 2 unspecified atom stereocenters. The van der Waals surface area contributed by atoms with E-state index in [2.05, 4.69) is 139 Å². The van der Waals surface area contributed by atoms with Crippen molar-refractivity contribution in [3.63, 3.8) is 0 Å². The van der Waals surface area contributed by atoms with Crippen LogP contribution in [0, 0.1) is 11.8 Å². The highest BCUT2D eigenvalue weighted by Crippen LogP contribution is 2.62. The Kier molecular flexibility index (Phi) is 14.5. The summed E-state index contributed by atoms with van der Waals surface area (Å²) in [5.41, 5.74) is 0.910. The Labute approximate surface area is 239 Å². The van der Waals surface area contributed by atoms with E-state index in [-0.39, 0.29) is 7.92 Å². The fourth-order valence-corrected chi connectivity index (χ4v) is 10.6. The summed E-state index contributed by atoms with van der Waals surface area (Å²) in [7, 11) is 7.91. The van der Waals surface area contributed by atoms with Crippen molar-refractivity contribution in [1.82, 2.24) is 9.80 Å². The maximum absolute atomic E-state index is 2.55. The third-order valence-electron chi connectivity index (χ3n) is 9.39. The van der Waals surface area contributed by atoms with Gasteiger partial charge in [0.05, 0.1) is 24.3 Å². The highest BCUT2D eigenvalue weighted by molar-refractivity contribution is 7.82. The third kappa shape index (κ3) is 10.0. The van der Waals surface area contributed by atoms with Gasteiger partial charge in [-0.05, 0) is 111 Å². The van der Waals surface area contributed by atoms with Crippen LogP contribution in [0.25, 0.3) is 0 Å². The Hall–Kier alpha value is -0.780. The molecule has 38 heavy (non-hydrogen) atoms. The topological polar surface area (TPSA) is 6.48 Å². The molecule has 4 atom stereocenters. The Bertz CT molecular complexity index is 876. The van der Waals surface area contributed by atoms with Crippen LogP contribution in [0.2, 0.25) is 0 Å². The number of nitrogens with zero attached hydrogens (tertiary/aromatic N) is 2. The summed E-state index contributed by atoms with van der Waals surface area (Å²) in [4.78, 5) is 4.75. The van der Waals surface area contributed by atoms with Crippen LogP contribution in [0.15, 0.2) is 60.7 Å². The summed E-state index contributed by atoms with van der Waals surface area (Å²) < 4.78 is 0. The summed E-state index contributed by atoms with van der Waals surface area (Å²) >= 11 is 0. The molecular weight excluding hydrogens is 498 g/mol. The van der Waals surface area contributed by atoms with E-state index in [9.17, 15) is 0 Å². The minimum atomic E-state index is -1.02. The quantitative estimate of drug-likeness (QED) is 0.320. The average molecular weight is 558 g/mol. The maximum atomic E-state index is 2.55. The van der Waals surface area contributed by atoms with E-state index < -0.39 is 7.26 Å². The first kappa shape index (κ1) is 33.4. The second kappa shape index (κ2) is 16.5. The van der Waals surface area contributed by atoms with Gasteiger partial charge in [0.2, 0.25) is 0 Å². The maximum Gasteiger partial charge on any atom is 0.0936 e. The smallest absolute Gasteiger partial charge is 0.0936 e. The molecule has 0 N–H and O–H groups in total. The SMILES string of the molecule is CP(C)c1ccccc1.C[C@H](C1CCCC1)N(C)C.C[C@H](C1CCCC1[P+](C)(C)c1ccccc1)N(C)C. The summed E-state index contributed by atoms with van der Waals surface area (Å²) in [6.45, 7) is 14.4. The van der Waals surface area contributed by atoms with Gasteiger partial charge in [0, 0.05) is 25.3 Å². The Balaban J connectivity index is 0.000000224. The molecule has 2 nitrogen and oxygen atoms in total. The van der Waals surface area contributed by atoms with Gasteiger partial charge in [-0.3, -0.25) is 0 Å². The zero-order valence-electron chi connectivity index (χ0n) is 26.4. The first-order chi connectivity index (χ1) is 18.0. The van der Waals surface area contributed by atoms with Crippen molar-refractivity contribution < 1.29 is 0 Å². The molecule has 2 aliphatic rings. The first-order valence-electron chi connectivity index (χ1n) is 14.9. The molecule has 214 valence electrons. The summed E-state index contributed by atoms with van der Waals surface area (Å²) in [5, 5.41) is 3.09. The van der Waals surface area contributed by atoms with Gasteiger partial charge in [-0.25, -0.2) is 0 Å². The second-order valence-electron chi connectivity index (χ2n) is 12.7. The van der Waals surface area contributed by atoms with Crippen molar-refractivity contribution in [1.29, 1.82) is 0 Å². The predicted molar refractivity (Wildman–Crippen MR) is 179 cm³/mol. The lowest BCUT2D eigenvalue weighted by atomic mass is 9.98. The molecule has 2 aromatic carbocycles. The molecule has 0 saturated heterocycles. The van der Waals surface area contributed by atoms with Crippen LogP contribution in [0.3, 0.4) is 0 Å². The van der Waals surface area contributed by atoms with Crippen LogP contribution >= 0.6 is 15.2 Å². The Morgan fingerprint density at radius 1 is 0.684 bits per heavy atom. The first-order valence-corrected chi connectivity index (χ1v) is 19.9. The van der Waals surface area contributed by atoms with Crippen molar-refractivity contribution in [2.24, 2.45) is 11.8 Å². The van der Waals surface area contributed by atoms with Crippen molar-refractivity contribution in [3.8, 4) is 0 Å². The van der Waals surface area contributed by atoms with E-state index in [4.69, 9.17) is 0 Å². The standard InChI is InChI=1S/C17H29NP.C9H19N.C8H11P/c1-14(18(2)3)16-12-9-13-17(16)19(4,5)15-10-7-6-8-11-15;1-8(10(2)3)9-6-4-5-7-9;1-9(2)8-6-4-3-5-7-8/h6-8,10-11,14,16-17H,9,12-13H2,1-5H3;8-9H,4-7H2,1-3H3;3-7H,1-2H3/q+1;;/t14-,16?,17?;8-;/m11./s1. The van der Waals surface area contributed by atoms with Gasteiger partial charge in [-0.15, -0.1) is 0 Å². The molecule has 0 heterocycles. The monoisotopic (exact) mass is 557 g/mol. The molecule has 4 rings (SSSR count). The number of hydrogen-bond donors (Lipinski definition) is 0. The van der Waals surface area contributed by atoms with Crippen molar-refractivity contribution in [2.45, 2.75) is 76.5 Å². The number of benzene rings is 2. The largest absolute Gasteiger partial charge is 0.306 e. The van der Waals surface area contributed by atoms with Gasteiger partial charge in [-0.1, -0.05) is 69.3 Å². The van der Waals surface area contributed by atoms with Gasteiger partial charge in [0.15, 0.2) is 0 Å². The van der Waals surface area contributed by atoms with Crippen LogP contribution in [0.4, 0.5) is 0 Å². The number of hydrogen-bond acceptors (Lipinski definition) is 2. The molecule has 0 aromatic heterocycles. The van der Waals surface area contributed by atoms with Crippen LogP contribution in [-0.2, 0) is 0 Å². The minimum Gasteiger partial charge on any atom is -0.306 e. The van der Waals surface area contributed by atoms with Gasteiger partial charge < -0.3 is 9.80 Å². The van der Waals surface area contributed by atoms with Crippen LogP contribution in [0.5, 0.6) is 0 Å². The highest BCUT2D eigenvalue weighted by Gasteiger charge is 2.47. The van der Waals surface area contributed by atoms with E-state index in [0.717, 1.165) is 23.5 Å². The Morgan fingerprint density at radius 3 is 1.63 bits per heavy atom. The zero-order valence-corrected chi connectivity index (χ0v) is 28.2. The lowest BCUT2D eigenvalue weighted by molar-refractivity contribution is 0.230. The average Bonchev–Trinajstić information content (AvgIpc) is 3.62. The zero-order chi connectivity index (χ0) is 28.3. The van der Waals surface area contributed by atoms with E-state index >= 15 is 0 Å². The molecule has 2 aromatic rings. The van der Waals surface area contributed by atoms with Gasteiger partial charge in [0.25, 0.3) is 0 Å². The summed E-state index contributed by atoms with van der Waals surface area (Å²) in [6, 6.07) is 23.4. The lowest BCUT2D eigenvalue weighted by Crippen LogP contribution is -2.38. The molecule has 4 heteroatoms. The highest BCUT2D eigenvalue weighted by atomic mass is 31.2. The molecule has 2 saturated carbocycles. The summed E-state index contributed by atoms with van der Waals surface area (Å²) in [5.74, 6) is 1.86. The molecule has 0 spiro atoms. The molecule has 0 bridgehead atoms. The molecule has 0 radical (unpaired) electrons.